The largest absolute Gasteiger partial charge is 0.490 e. The van der Waals surface area contributed by atoms with Crippen LogP contribution in [-0.4, -0.2) is 42.2 Å². The summed E-state index contributed by atoms with van der Waals surface area (Å²) in [6.45, 7) is 6.96. The second kappa shape index (κ2) is 12.4. The zero-order chi connectivity index (χ0) is 24.5. The van der Waals surface area contributed by atoms with Gasteiger partial charge in [-0.2, -0.15) is 0 Å². The Bertz CT molecular complexity index is 1110. The maximum absolute atomic E-state index is 13.1. The van der Waals surface area contributed by atoms with Gasteiger partial charge in [-0.1, -0.05) is 36.0 Å². The van der Waals surface area contributed by atoms with E-state index in [4.69, 9.17) is 9.47 Å². The molecule has 0 spiro atoms. The Balaban J connectivity index is 1.39. The first-order chi connectivity index (χ1) is 17.2. The molecule has 2 aromatic carbocycles. The summed E-state index contributed by atoms with van der Waals surface area (Å²) in [5.41, 5.74) is 0.980. The number of benzene rings is 2. The summed E-state index contributed by atoms with van der Waals surface area (Å²) in [7, 11) is 0. The third-order valence-electron chi connectivity index (χ3n) is 5.77. The fourth-order valence-corrected chi connectivity index (χ4v) is 5.03. The van der Waals surface area contributed by atoms with E-state index in [-0.39, 0.29) is 11.8 Å². The summed E-state index contributed by atoms with van der Waals surface area (Å²) in [4.78, 5) is 25.6. The van der Waals surface area contributed by atoms with Crippen LogP contribution in [0.15, 0.2) is 70.8 Å². The predicted molar refractivity (Wildman–Crippen MR) is 138 cm³/mol. The lowest BCUT2D eigenvalue weighted by molar-refractivity contribution is -0.125. The van der Waals surface area contributed by atoms with Gasteiger partial charge in [0.25, 0.3) is 0 Å². The lowest BCUT2D eigenvalue weighted by Crippen LogP contribution is -2.43. The number of carbonyl (C=O) groups excluding carboxylic acids is 1. The van der Waals surface area contributed by atoms with E-state index in [1.54, 1.807) is 24.2 Å². The van der Waals surface area contributed by atoms with Crippen LogP contribution < -0.4 is 19.7 Å². The van der Waals surface area contributed by atoms with Gasteiger partial charge in [0, 0.05) is 36.9 Å². The molecule has 4 rings (SSSR count). The van der Waals surface area contributed by atoms with Crippen molar-refractivity contribution < 1.29 is 14.3 Å². The minimum Gasteiger partial charge on any atom is -0.490 e. The number of nitrogens with one attached hydrogen (secondary N) is 1. The number of rotatable bonds is 10. The monoisotopic (exact) mass is 492 g/mol. The first kappa shape index (κ1) is 24.9. The third-order valence-corrected chi connectivity index (χ3v) is 6.76. The molecule has 8 heteroatoms. The summed E-state index contributed by atoms with van der Waals surface area (Å²) in [5.74, 6) is 2.22. The Kier molecular flexibility index (Phi) is 8.84. The number of amides is 1. The minimum absolute atomic E-state index is 0.0581. The number of nitrogens with zero attached hydrogens (tertiary/aromatic N) is 3. The molecule has 0 bridgehead atoms. The topological polar surface area (TPSA) is 76.6 Å². The SMILES string of the molecule is CCOc1ccc(CNC(=O)[C@H]2CCCN(c3nccnc3Sc3ccccc3)C2)cc1OCC. The standard InChI is InChI=1S/C27H32N4O3S/c1-3-33-23-13-12-20(17-24(23)34-4-2)18-30-26(32)21-9-8-16-31(19-21)25-27(29-15-14-28-25)35-22-10-6-5-7-11-22/h5-7,10-15,17,21H,3-4,8-9,16,18-19H2,1-2H3,(H,30,32)/t21-/m0/s1. The molecule has 1 fully saturated rings. The van der Waals surface area contributed by atoms with Gasteiger partial charge in [0.1, 0.15) is 5.03 Å². The van der Waals surface area contributed by atoms with Gasteiger partial charge in [-0.05, 0) is 56.5 Å². The molecule has 1 aliphatic heterocycles. The van der Waals surface area contributed by atoms with Crippen molar-refractivity contribution in [2.45, 2.75) is 43.2 Å². The quantitative estimate of drug-likeness (QED) is 0.429. The Hall–Kier alpha value is -3.26. The van der Waals surface area contributed by atoms with Crippen LogP contribution in [0.25, 0.3) is 0 Å². The summed E-state index contributed by atoms with van der Waals surface area (Å²) in [6, 6.07) is 16.0. The van der Waals surface area contributed by atoms with E-state index in [9.17, 15) is 4.79 Å². The second-order valence-electron chi connectivity index (χ2n) is 8.25. The smallest absolute Gasteiger partial charge is 0.225 e. The average Bonchev–Trinajstić information content (AvgIpc) is 2.90. The van der Waals surface area contributed by atoms with E-state index in [1.807, 2.05) is 50.2 Å². The molecule has 0 aliphatic carbocycles. The molecule has 35 heavy (non-hydrogen) atoms. The van der Waals surface area contributed by atoms with Crippen molar-refractivity contribution in [3.05, 3.63) is 66.5 Å². The zero-order valence-corrected chi connectivity index (χ0v) is 21.1. The van der Waals surface area contributed by atoms with E-state index in [0.717, 1.165) is 46.4 Å². The van der Waals surface area contributed by atoms with Crippen molar-refractivity contribution in [1.82, 2.24) is 15.3 Å². The van der Waals surface area contributed by atoms with Gasteiger partial charge in [0.15, 0.2) is 17.3 Å². The van der Waals surface area contributed by atoms with Gasteiger partial charge >= 0.3 is 0 Å². The van der Waals surface area contributed by atoms with Crippen molar-refractivity contribution in [3.8, 4) is 11.5 Å². The number of carbonyl (C=O) groups is 1. The molecular formula is C27H32N4O3S. The van der Waals surface area contributed by atoms with Crippen molar-refractivity contribution >= 4 is 23.5 Å². The molecule has 1 atom stereocenters. The Morgan fingerprint density at radius 3 is 2.63 bits per heavy atom. The minimum atomic E-state index is -0.102. The first-order valence-corrected chi connectivity index (χ1v) is 12.9. The Morgan fingerprint density at radius 2 is 1.83 bits per heavy atom. The molecule has 0 radical (unpaired) electrons. The van der Waals surface area contributed by atoms with Crippen LogP contribution in [0.2, 0.25) is 0 Å². The molecule has 7 nitrogen and oxygen atoms in total. The van der Waals surface area contributed by atoms with Crippen LogP contribution in [0.1, 0.15) is 32.3 Å². The highest BCUT2D eigenvalue weighted by molar-refractivity contribution is 7.99. The second-order valence-corrected chi connectivity index (χ2v) is 9.31. The molecule has 1 amide bonds. The number of anilines is 1. The summed E-state index contributed by atoms with van der Waals surface area (Å²) in [5, 5.41) is 3.97. The molecule has 0 unspecified atom stereocenters. The normalized spacial score (nSPS) is 15.5. The molecule has 1 saturated heterocycles. The summed E-state index contributed by atoms with van der Waals surface area (Å²) < 4.78 is 11.3. The van der Waals surface area contributed by atoms with Gasteiger partial charge in [0.2, 0.25) is 5.91 Å². The number of piperidine rings is 1. The highest BCUT2D eigenvalue weighted by Gasteiger charge is 2.28. The molecule has 3 aromatic rings. The lowest BCUT2D eigenvalue weighted by atomic mass is 9.97. The van der Waals surface area contributed by atoms with Crippen molar-refractivity contribution in [2.75, 3.05) is 31.2 Å². The molecule has 184 valence electrons. The van der Waals surface area contributed by atoms with Crippen LogP contribution in [0.4, 0.5) is 5.82 Å². The van der Waals surface area contributed by atoms with Crippen LogP contribution in [0.3, 0.4) is 0 Å². The molecule has 1 aromatic heterocycles. The van der Waals surface area contributed by atoms with Gasteiger partial charge in [-0.3, -0.25) is 4.79 Å². The summed E-state index contributed by atoms with van der Waals surface area (Å²) in [6.07, 6.45) is 5.23. The predicted octanol–water partition coefficient (Wildman–Crippen LogP) is 4.96. The Morgan fingerprint density at radius 1 is 1.06 bits per heavy atom. The van der Waals surface area contributed by atoms with E-state index in [1.165, 1.54) is 0 Å². The van der Waals surface area contributed by atoms with Crippen molar-refractivity contribution in [1.29, 1.82) is 0 Å². The maximum Gasteiger partial charge on any atom is 0.225 e. The molecule has 0 saturated carbocycles. The van der Waals surface area contributed by atoms with Gasteiger partial charge in [0.05, 0.1) is 19.1 Å². The van der Waals surface area contributed by atoms with E-state index in [0.29, 0.717) is 32.1 Å². The van der Waals surface area contributed by atoms with Gasteiger partial charge in [-0.15, -0.1) is 0 Å². The van der Waals surface area contributed by atoms with E-state index < -0.39 is 0 Å². The third kappa shape index (κ3) is 6.66. The fourth-order valence-electron chi connectivity index (χ4n) is 4.13. The van der Waals surface area contributed by atoms with Crippen LogP contribution in [0.5, 0.6) is 11.5 Å². The van der Waals surface area contributed by atoms with E-state index in [2.05, 4.69) is 32.3 Å². The van der Waals surface area contributed by atoms with E-state index >= 15 is 0 Å². The lowest BCUT2D eigenvalue weighted by Gasteiger charge is -2.33. The highest BCUT2D eigenvalue weighted by Crippen LogP contribution is 2.34. The molecule has 1 N–H and O–H groups in total. The maximum atomic E-state index is 13.1. The molecule has 2 heterocycles. The van der Waals surface area contributed by atoms with Gasteiger partial charge in [-0.25, -0.2) is 9.97 Å². The van der Waals surface area contributed by atoms with Crippen LogP contribution in [0, 0.1) is 5.92 Å². The number of aromatic nitrogens is 2. The number of hydrogen-bond acceptors (Lipinski definition) is 7. The number of ether oxygens (including phenoxy) is 2. The molecule has 1 aliphatic rings. The van der Waals surface area contributed by atoms with Crippen molar-refractivity contribution in [2.24, 2.45) is 5.92 Å². The number of hydrogen-bond donors (Lipinski definition) is 1. The average molecular weight is 493 g/mol. The van der Waals surface area contributed by atoms with Crippen LogP contribution >= 0.6 is 11.8 Å². The van der Waals surface area contributed by atoms with Crippen LogP contribution in [-0.2, 0) is 11.3 Å². The van der Waals surface area contributed by atoms with Gasteiger partial charge < -0.3 is 19.7 Å². The first-order valence-electron chi connectivity index (χ1n) is 12.1. The van der Waals surface area contributed by atoms with Crippen molar-refractivity contribution in [3.63, 3.8) is 0 Å². The Labute approximate surface area is 211 Å². The fraction of sp³-hybridized carbons (Fsp3) is 0.370. The highest BCUT2D eigenvalue weighted by atomic mass is 32.2. The zero-order valence-electron chi connectivity index (χ0n) is 20.3. The molecular weight excluding hydrogens is 460 g/mol. The summed E-state index contributed by atoms with van der Waals surface area (Å²) >= 11 is 1.60.